The van der Waals surface area contributed by atoms with Crippen LogP contribution < -0.4 is 25.6 Å². The number of aryl methyl sites for hydroxylation is 1. The van der Waals surface area contributed by atoms with Crippen LogP contribution in [0.3, 0.4) is 0 Å². The number of nitrogens with one attached hydrogen (secondary N) is 3. The first-order chi connectivity index (χ1) is 15.4. The number of rotatable bonds is 10. The van der Waals surface area contributed by atoms with Crippen LogP contribution in [-0.2, 0) is 4.79 Å². The molecule has 1 unspecified atom stereocenters. The maximum atomic E-state index is 12.7. The topological polar surface area (TPSA) is 106 Å². The SMILES string of the molecule is CCOc1ccc(C(=O)NNC(=O)C(CCSC)NC(=O)c2cccc(C)c2)cc1OC. The molecule has 3 N–H and O–H groups in total. The number of amides is 3. The standard InChI is InChI=1S/C23H29N3O5S/c1-5-31-19-10-9-17(14-20(19)30-3)22(28)25-26-23(29)18(11-12-32-4)24-21(27)16-8-6-7-15(2)13-16/h6-10,13-14,18H,5,11-12H2,1-4H3,(H,24,27)(H,25,28)(H,26,29). The van der Waals surface area contributed by atoms with Gasteiger partial charge in [-0.2, -0.15) is 11.8 Å². The smallest absolute Gasteiger partial charge is 0.269 e. The van der Waals surface area contributed by atoms with Crippen LogP contribution >= 0.6 is 11.8 Å². The lowest BCUT2D eigenvalue weighted by molar-refractivity contribution is -0.123. The summed E-state index contributed by atoms with van der Waals surface area (Å²) in [5.41, 5.74) is 6.49. The van der Waals surface area contributed by atoms with E-state index in [0.717, 1.165) is 5.56 Å². The number of hydrogen-bond donors (Lipinski definition) is 3. The van der Waals surface area contributed by atoms with Gasteiger partial charge in [0.15, 0.2) is 11.5 Å². The van der Waals surface area contributed by atoms with E-state index in [-0.39, 0.29) is 11.5 Å². The molecule has 0 aromatic heterocycles. The van der Waals surface area contributed by atoms with E-state index >= 15 is 0 Å². The molecule has 0 bridgehead atoms. The largest absolute Gasteiger partial charge is 0.493 e. The van der Waals surface area contributed by atoms with Gasteiger partial charge in [-0.1, -0.05) is 17.7 Å². The Morgan fingerprint density at radius 3 is 2.41 bits per heavy atom. The molecule has 0 saturated carbocycles. The second-order valence-corrected chi connectivity index (χ2v) is 7.90. The van der Waals surface area contributed by atoms with Gasteiger partial charge < -0.3 is 14.8 Å². The number of methoxy groups -OCH3 is 1. The summed E-state index contributed by atoms with van der Waals surface area (Å²) in [7, 11) is 1.48. The predicted molar refractivity (Wildman–Crippen MR) is 125 cm³/mol. The first kappa shape index (κ1) is 25.1. The summed E-state index contributed by atoms with van der Waals surface area (Å²) in [6, 6.07) is 11.0. The van der Waals surface area contributed by atoms with Gasteiger partial charge in [0.05, 0.1) is 13.7 Å². The minimum atomic E-state index is -0.800. The Labute approximate surface area is 192 Å². The number of benzene rings is 2. The van der Waals surface area contributed by atoms with E-state index in [2.05, 4.69) is 16.2 Å². The van der Waals surface area contributed by atoms with Crippen LogP contribution in [0.15, 0.2) is 42.5 Å². The number of thioether (sulfide) groups is 1. The Kier molecular flexibility index (Phi) is 9.87. The number of ether oxygens (including phenoxy) is 2. The highest BCUT2D eigenvalue weighted by molar-refractivity contribution is 7.98. The van der Waals surface area contributed by atoms with Crippen molar-refractivity contribution in [2.45, 2.75) is 26.3 Å². The van der Waals surface area contributed by atoms with Gasteiger partial charge in [0.2, 0.25) is 0 Å². The zero-order valence-electron chi connectivity index (χ0n) is 18.7. The van der Waals surface area contributed by atoms with Crippen molar-refractivity contribution in [1.82, 2.24) is 16.2 Å². The highest BCUT2D eigenvalue weighted by atomic mass is 32.2. The lowest BCUT2D eigenvalue weighted by Gasteiger charge is -2.19. The number of hydrazine groups is 1. The van der Waals surface area contributed by atoms with Crippen LogP contribution in [0.25, 0.3) is 0 Å². The van der Waals surface area contributed by atoms with Gasteiger partial charge in [-0.25, -0.2) is 0 Å². The molecule has 2 aromatic rings. The fraction of sp³-hybridized carbons (Fsp3) is 0.348. The minimum absolute atomic E-state index is 0.287. The molecule has 0 radical (unpaired) electrons. The van der Waals surface area contributed by atoms with E-state index in [1.165, 1.54) is 13.2 Å². The minimum Gasteiger partial charge on any atom is -0.493 e. The Bertz CT molecular complexity index is 951. The Morgan fingerprint density at radius 1 is 1.00 bits per heavy atom. The van der Waals surface area contributed by atoms with Crippen molar-refractivity contribution in [2.75, 3.05) is 25.7 Å². The van der Waals surface area contributed by atoms with Crippen LogP contribution in [0.5, 0.6) is 11.5 Å². The molecule has 8 nitrogen and oxygen atoms in total. The highest BCUT2D eigenvalue weighted by Crippen LogP contribution is 2.27. The summed E-state index contributed by atoms with van der Waals surface area (Å²) >= 11 is 1.56. The molecule has 2 rings (SSSR count). The van der Waals surface area contributed by atoms with Gasteiger partial charge in [0.25, 0.3) is 17.7 Å². The lowest BCUT2D eigenvalue weighted by atomic mass is 10.1. The van der Waals surface area contributed by atoms with Crippen LogP contribution in [0, 0.1) is 6.92 Å². The van der Waals surface area contributed by atoms with E-state index in [1.54, 1.807) is 42.1 Å². The third kappa shape index (κ3) is 7.19. The fourth-order valence-electron chi connectivity index (χ4n) is 2.89. The summed E-state index contributed by atoms with van der Waals surface area (Å²) < 4.78 is 10.7. The molecule has 0 heterocycles. The van der Waals surface area contributed by atoms with Crippen LogP contribution in [0.1, 0.15) is 39.6 Å². The maximum Gasteiger partial charge on any atom is 0.269 e. The average Bonchev–Trinajstić information content (AvgIpc) is 2.80. The number of carbonyl (C=O) groups is 3. The molecule has 0 aliphatic heterocycles. The molecule has 1 atom stereocenters. The second kappa shape index (κ2) is 12.6. The van der Waals surface area contributed by atoms with Crippen LogP contribution in [0.4, 0.5) is 0 Å². The van der Waals surface area contributed by atoms with Crippen LogP contribution in [-0.4, -0.2) is 49.5 Å². The first-order valence-corrected chi connectivity index (χ1v) is 11.6. The Balaban J connectivity index is 2.03. The van der Waals surface area contributed by atoms with Crippen molar-refractivity contribution in [3.05, 3.63) is 59.2 Å². The summed E-state index contributed by atoms with van der Waals surface area (Å²) in [5.74, 6) is 0.216. The molecule has 0 spiro atoms. The molecule has 172 valence electrons. The van der Waals surface area contributed by atoms with E-state index in [0.29, 0.717) is 35.8 Å². The monoisotopic (exact) mass is 459 g/mol. The fourth-order valence-corrected chi connectivity index (χ4v) is 3.37. The van der Waals surface area contributed by atoms with Crippen LogP contribution in [0.2, 0.25) is 0 Å². The zero-order chi connectivity index (χ0) is 23.5. The van der Waals surface area contributed by atoms with Gasteiger partial charge in [0.1, 0.15) is 6.04 Å². The lowest BCUT2D eigenvalue weighted by Crippen LogP contribution is -2.52. The molecule has 3 amide bonds. The third-order valence-corrected chi connectivity index (χ3v) is 5.18. The van der Waals surface area contributed by atoms with E-state index in [9.17, 15) is 14.4 Å². The van der Waals surface area contributed by atoms with E-state index in [1.807, 2.05) is 26.2 Å². The first-order valence-electron chi connectivity index (χ1n) is 10.2. The quantitative estimate of drug-likeness (QED) is 0.472. The van der Waals surface area contributed by atoms with Gasteiger partial charge in [0, 0.05) is 11.1 Å². The molecule has 32 heavy (non-hydrogen) atoms. The molecule has 9 heteroatoms. The van der Waals surface area contributed by atoms with Crippen molar-refractivity contribution in [2.24, 2.45) is 0 Å². The second-order valence-electron chi connectivity index (χ2n) is 6.92. The average molecular weight is 460 g/mol. The molecular weight excluding hydrogens is 430 g/mol. The summed E-state index contributed by atoms with van der Waals surface area (Å²) in [6.45, 7) is 4.20. The third-order valence-electron chi connectivity index (χ3n) is 4.54. The Morgan fingerprint density at radius 2 is 1.75 bits per heavy atom. The molecular formula is C23H29N3O5S. The van der Waals surface area contributed by atoms with Gasteiger partial charge in [-0.3, -0.25) is 25.2 Å². The van der Waals surface area contributed by atoms with Gasteiger partial charge >= 0.3 is 0 Å². The zero-order valence-corrected chi connectivity index (χ0v) is 19.5. The van der Waals surface area contributed by atoms with Crippen molar-refractivity contribution in [1.29, 1.82) is 0 Å². The molecule has 0 saturated heterocycles. The van der Waals surface area contributed by atoms with E-state index < -0.39 is 17.9 Å². The molecule has 0 aliphatic rings. The van der Waals surface area contributed by atoms with Gasteiger partial charge in [-0.05, 0) is 62.6 Å². The number of hydrogen-bond acceptors (Lipinski definition) is 6. The van der Waals surface area contributed by atoms with Crippen molar-refractivity contribution < 1.29 is 23.9 Å². The molecule has 0 aliphatic carbocycles. The number of carbonyl (C=O) groups excluding carboxylic acids is 3. The van der Waals surface area contributed by atoms with Crippen molar-refractivity contribution in [3.8, 4) is 11.5 Å². The predicted octanol–water partition coefficient (Wildman–Crippen LogP) is 2.72. The van der Waals surface area contributed by atoms with Crippen molar-refractivity contribution >= 4 is 29.5 Å². The summed E-state index contributed by atoms with van der Waals surface area (Å²) in [4.78, 5) is 37.8. The molecule has 0 fully saturated rings. The summed E-state index contributed by atoms with van der Waals surface area (Å²) in [5, 5.41) is 2.75. The van der Waals surface area contributed by atoms with E-state index in [4.69, 9.17) is 9.47 Å². The summed E-state index contributed by atoms with van der Waals surface area (Å²) in [6.07, 6.45) is 2.33. The Hall–Kier alpha value is -3.20. The maximum absolute atomic E-state index is 12.7. The van der Waals surface area contributed by atoms with Gasteiger partial charge in [-0.15, -0.1) is 0 Å². The van der Waals surface area contributed by atoms with Crippen molar-refractivity contribution in [3.63, 3.8) is 0 Å². The highest BCUT2D eigenvalue weighted by Gasteiger charge is 2.22. The normalized spacial score (nSPS) is 11.2. The molecule has 2 aromatic carbocycles.